The van der Waals surface area contributed by atoms with Crippen LogP contribution in [-0.2, 0) is 9.53 Å². The summed E-state index contributed by atoms with van der Waals surface area (Å²) in [4.78, 5) is 11.8. The Morgan fingerprint density at radius 1 is 1.53 bits per heavy atom. The first-order valence-corrected chi connectivity index (χ1v) is 5.21. The highest BCUT2D eigenvalue weighted by Crippen LogP contribution is 2.20. The standard InChI is InChI=1S/C9H17N3O2.ClH/c10-6-7-2-3-8(14-7)9(13)12-5-1-4-11-12;/h7-8,11H,1-6,10H2;1H. The molecule has 2 aliphatic rings. The van der Waals surface area contributed by atoms with Crippen molar-refractivity contribution in [3.8, 4) is 0 Å². The lowest BCUT2D eigenvalue weighted by Crippen LogP contribution is -2.43. The Bertz CT molecular complexity index is 221. The van der Waals surface area contributed by atoms with Crippen LogP contribution in [-0.4, -0.2) is 42.8 Å². The average Bonchev–Trinajstić information content (AvgIpc) is 2.88. The summed E-state index contributed by atoms with van der Waals surface area (Å²) in [7, 11) is 0. The Balaban J connectivity index is 0.00000112. The van der Waals surface area contributed by atoms with Gasteiger partial charge in [-0.3, -0.25) is 9.80 Å². The van der Waals surface area contributed by atoms with Gasteiger partial charge in [0.2, 0.25) is 0 Å². The molecule has 0 spiro atoms. The monoisotopic (exact) mass is 235 g/mol. The second-order valence-corrected chi connectivity index (χ2v) is 3.81. The normalized spacial score (nSPS) is 30.3. The predicted octanol–water partition coefficient (Wildman–Crippen LogP) is -0.349. The van der Waals surface area contributed by atoms with E-state index in [-0.39, 0.29) is 30.5 Å². The van der Waals surface area contributed by atoms with Gasteiger partial charge in [-0.1, -0.05) is 0 Å². The van der Waals surface area contributed by atoms with Gasteiger partial charge >= 0.3 is 0 Å². The van der Waals surface area contributed by atoms with Gasteiger partial charge in [0, 0.05) is 19.6 Å². The van der Waals surface area contributed by atoms with Gasteiger partial charge < -0.3 is 10.5 Å². The number of hydrogen-bond acceptors (Lipinski definition) is 4. The van der Waals surface area contributed by atoms with Crippen LogP contribution in [0.3, 0.4) is 0 Å². The van der Waals surface area contributed by atoms with Gasteiger partial charge in [0.25, 0.3) is 5.91 Å². The Labute approximate surface area is 95.7 Å². The lowest BCUT2D eigenvalue weighted by atomic mass is 10.2. The average molecular weight is 236 g/mol. The highest BCUT2D eigenvalue weighted by atomic mass is 35.5. The Morgan fingerprint density at radius 2 is 2.33 bits per heavy atom. The molecule has 0 aliphatic carbocycles. The van der Waals surface area contributed by atoms with E-state index in [9.17, 15) is 4.79 Å². The largest absolute Gasteiger partial charge is 0.364 e. The minimum Gasteiger partial charge on any atom is -0.364 e. The summed E-state index contributed by atoms with van der Waals surface area (Å²) in [6.07, 6.45) is 2.54. The highest BCUT2D eigenvalue weighted by Gasteiger charge is 2.33. The van der Waals surface area contributed by atoms with Crippen molar-refractivity contribution in [1.29, 1.82) is 0 Å². The smallest absolute Gasteiger partial charge is 0.265 e. The SMILES string of the molecule is Cl.NCC1CCC(C(=O)N2CCCN2)O1. The molecule has 6 heteroatoms. The fourth-order valence-corrected chi connectivity index (χ4v) is 1.95. The molecule has 5 nitrogen and oxygen atoms in total. The molecule has 0 aromatic carbocycles. The maximum absolute atomic E-state index is 11.8. The summed E-state index contributed by atoms with van der Waals surface area (Å²) in [5, 5.41) is 1.67. The molecule has 2 aliphatic heterocycles. The zero-order valence-electron chi connectivity index (χ0n) is 8.65. The summed E-state index contributed by atoms with van der Waals surface area (Å²) < 4.78 is 5.53. The number of hydrogen-bond donors (Lipinski definition) is 2. The predicted molar refractivity (Wildman–Crippen MR) is 58.5 cm³/mol. The lowest BCUT2D eigenvalue weighted by molar-refractivity contribution is -0.144. The van der Waals surface area contributed by atoms with E-state index in [1.807, 2.05) is 0 Å². The van der Waals surface area contributed by atoms with Crippen molar-refractivity contribution in [1.82, 2.24) is 10.4 Å². The molecule has 0 bridgehead atoms. The van der Waals surface area contributed by atoms with Gasteiger partial charge in [-0.15, -0.1) is 12.4 Å². The summed E-state index contributed by atoms with van der Waals surface area (Å²) in [5.41, 5.74) is 8.52. The molecule has 0 aromatic rings. The highest BCUT2D eigenvalue weighted by molar-refractivity contribution is 5.85. The van der Waals surface area contributed by atoms with E-state index in [1.54, 1.807) is 5.01 Å². The van der Waals surface area contributed by atoms with Gasteiger partial charge in [-0.05, 0) is 19.3 Å². The maximum atomic E-state index is 11.8. The van der Waals surface area contributed by atoms with E-state index in [0.29, 0.717) is 6.54 Å². The summed E-state index contributed by atoms with van der Waals surface area (Å²) >= 11 is 0. The second-order valence-electron chi connectivity index (χ2n) is 3.81. The van der Waals surface area contributed by atoms with Crippen LogP contribution >= 0.6 is 12.4 Å². The number of rotatable bonds is 2. The number of halogens is 1. The lowest BCUT2D eigenvalue weighted by Gasteiger charge is -2.19. The molecular formula is C9H18ClN3O2. The fourth-order valence-electron chi connectivity index (χ4n) is 1.95. The summed E-state index contributed by atoms with van der Waals surface area (Å²) in [5.74, 6) is 0.0680. The first-order valence-electron chi connectivity index (χ1n) is 5.21. The molecule has 2 fully saturated rings. The molecule has 1 amide bonds. The van der Waals surface area contributed by atoms with Crippen LogP contribution in [0.4, 0.5) is 0 Å². The van der Waals surface area contributed by atoms with Crippen LogP contribution in [0.15, 0.2) is 0 Å². The molecule has 0 saturated carbocycles. The topological polar surface area (TPSA) is 67.6 Å². The van der Waals surface area contributed by atoms with Gasteiger partial charge in [0.1, 0.15) is 6.10 Å². The van der Waals surface area contributed by atoms with Crippen LogP contribution in [0.1, 0.15) is 19.3 Å². The van der Waals surface area contributed by atoms with Crippen LogP contribution in [0, 0.1) is 0 Å². The maximum Gasteiger partial charge on any atom is 0.265 e. The molecule has 0 radical (unpaired) electrons. The summed E-state index contributed by atoms with van der Waals surface area (Å²) in [6.45, 7) is 2.20. The molecule has 88 valence electrons. The van der Waals surface area contributed by atoms with Crippen molar-refractivity contribution < 1.29 is 9.53 Å². The second kappa shape index (κ2) is 5.65. The number of nitrogens with zero attached hydrogens (tertiary/aromatic N) is 1. The molecular weight excluding hydrogens is 218 g/mol. The third kappa shape index (κ3) is 2.81. The van der Waals surface area contributed by atoms with Crippen molar-refractivity contribution in [2.24, 2.45) is 5.73 Å². The van der Waals surface area contributed by atoms with E-state index in [4.69, 9.17) is 10.5 Å². The minimum atomic E-state index is -0.269. The van der Waals surface area contributed by atoms with Gasteiger partial charge in [-0.25, -0.2) is 5.43 Å². The number of nitrogens with two attached hydrogens (primary N) is 1. The fraction of sp³-hybridized carbons (Fsp3) is 0.889. The molecule has 3 N–H and O–H groups in total. The molecule has 15 heavy (non-hydrogen) atoms. The first kappa shape index (κ1) is 12.7. The molecule has 2 rings (SSSR count). The number of carbonyl (C=O) groups excluding carboxylic acids is 1. The first-order chi connectivity index (χ1) is 6.81. The van der Waals surface area contributed by atoms with Gasteiger partial charge in [-0.2, -0.15) is 0 Å². The van der Waals surface area contributed by atoms with Crippen LogP contribution < -0.4 is 11.2 Å². The van der Waals surface area contributed by atoms with E-state index >= 15 is 0 Å². The zero-order chi connectivity index (χ0) is 9.97. The van der Waals surface area contributed by atoms with E-state index in [0.717, 1.165) is 32.4 Å². The van der Waals surface area contributed by atoms with Gasteiger partial charge in [0.05, 0.1) is 6.10 Å². The van der Waals surface area contributed by atoms with Crippen LogP contribution in [0.5, 0.6) is 0 Å². The molecule has 2 unspecified atom stereocenters. The van der Waals surface area contributed by atoms with Gasteiger partial charge in [0.15, 0.2) is 0 Å². The molecule has 2 heterocycles. The third-order valence-electron chi connectivity index (χ3n) is 2.77. The minimum absolute atomic E-state index is 0. The zero-order valence-corrected chi connectivity index (χ0v) is 9.46. The molecule has 0 aromatic heterocycles. The quantitative estimate of drug-likeness (QED) is 0.687. The molecule has 2 saturated heterocycles. The van der Waals surface area contributed by atoms with Crippen LogP contribution in [0.25, 0.3) is 0 Å². The van der Waals surface area contributed by atoms with E-state index in [1.165, 1.54) is 0 Å². The summed E-state index contributed by atoms with van der Waals surface area (Å²) in [6, 6.07) is 0. The van der Waals surface area contributed by atoms with Crippen molar-refractivity contribution >= 4 is 18.3 Å². The third-order valence-corrected chi connectivity index (χ3v) is 2.77. The number of ether oxygens (including phenoxy) is 1. The number of carbonyl (C=O) groups is 1. The van der Waals surface area contributed by atoms with Crippen molar-refractivity contribution in [3.63, 3.8) is 0 Å². The Morgan fingerprint density at radius 3 is 2.87 bits per heavy atom. The van der Waals surface area contributed by atoms with Crippen molar-refractivity contribution in [3.05, 3.63) is 0 Å². The van der Waals surface area contributed by atoms with Crippen molar-refractivity contribution in [2.45, 2.75) is 31.5 Å². The van der Waals surface area contributed by atoms with Crippen molar-refractivity contribution in [2.75, 3.05) is 19.6 Å². The van der Waals surface area contributed by atoms with E-state index < -0.39 is 0 Å². The van der Waals surface area contributed by atoms with Crippen LogP contribution in [0.2, 0.25) is 0 Å². The molecule has 2 atom stereocenters. The number of amides is 1. The Hall–Kier alpha value is -0.360. The van der Waals surface area contributed by atoms with E-state index in [2.05, 4.69) is 5.43 Å². The number of hydrazine groups is 1. The number of nitrogens with one attached hydrogen (secondary N) is 1. The Kier molecular flexibility index (Phi) is 4.79.